The Kier molecular flexibility index (Phi) is 5.69. The summed E-state index contributed by atoms with van der Waals surface area (Å²) in [5, 5.41) is 12.9. The molecule has 6 rings (SSSR count). The highest BCUT2D eigenvalue weighted by Gasteiger charge is 2.65. The Morgan fingerprint density at radius 1 is 1.17 bits per heavy atom. The number of carbonyl (C=O) groups is 1. The standard InChI is InChI=1S/C30H39N3O3/c1-28(2)20-30(35)26-16-22-9-10-24(36-3)18-25(22)29(30,11-14-32(26)19-21-7-8-21)12-15-33(28)27(34)17-23-6-4-5-13-31-23/h4-6,9-10,13,18,21,26,35H,7-8,11-12,14-17,19-20H2,1-3H3. The van der Waals surface area contributed by atoms with E-state index in [1.54, 1.807) is 13.3 Å². The molecule has 2 aliphatic heterocycles. The third kappa shape index (κ3) is 3.76. The molecule has 0 radical (unpaired) electrons. The van der Waals surface area contributed by atoms with Crippen molar-refractivity contribution in [3.05, 3.63) is 59.4 Å². The number of likely N-dealkylation sites (tertiary alicyclic amines) is 2. The second-order valence-corrected chi connectivity index (χ2v) is 12.2. The fraction of sp³-hybridized carbons (Fsp3) is 0.600. The summed E-state index contributed by atoms with van der Waals surface area (Å²) in [6.45, 7) is 7.00. The second kappa shape index (κ2) is 8.56. The Morgan fingerprint density at radius 3 is 2.69 bits per heavy atom. The van der Waals surface area contributed by atoms with Crippen molar-refractivity contribution in [1.82, 2.24) is 14.8 Å². The van der Waals surface area contributed by atoms with Gasteiger partial charge in [-0.2, -0.15) is 0 Å². The van der Waals surface area contributed by atoms with Crippen molar-refractivity contribution in [2.75, 3.05) is 26.7 Å². The number of aromatic nitrogens is 1. The lowest BCUT2D eigenvalue weighted by atomic mass is 9.51. The molecule has 3 heterocycles. The van der Waals surface area contributed by atoms with Gasteiger partial charge >= 0.3 is 0 Å². The number of fused-ring (bicyclic) bond motifs is 1. The van der Waals surface area contributed by atoms with Crippen LogP contribution in [0.25, 0.3) is 0 Å². The number of ether oxygens (including phenoxy) is 1. The monoisotopic (exact) mass is 489 g/mol. The van der Waals surface area contributed by atoms with Crippen LogP contribution < -0.4 is 4.74 Å². The van der Waals surface area contributed by atoms with E-state index in [1.807, 2.05) is 23.1 Å². The van der Waals surface area contributed by atoms with Gasteiger partial charge in [0, 0.05) is 48.4 Å². The Bertz CT molecular complexity index is 1150. The van der Waals surface area contributed by atoms with Crippen molar-refractivity contribution >= 4 is 5.91 Å². The minimum atomic E-state index is -0.914. The molecule has 1 N–H and O–H groups in total. The van der Waals surface area contributed by atoms with Crippen molar-refractivity contribution in [2.45, 2.75) is 81.4 Å². The molecule has 1 saturated carbocycles. The number of hydrogen-bond acceptors (Lipinski definition) is 5. The topological polar surface area (TPSA) is 65.9 Å². The van der Waals surface area contributed by atoms with Crippen LogP contribution in [-0.4, -0.2) is 69.7 Å². The number of hydrogen-bond donors (Lipinski definition) is 1. The lowest BCUT2D eigenvalue weighted by Crippen LogP contribution is -2.72. The van der Waals surface area contributed by atoms with Crippen molar-refractivity contribution in [2.24, 2.45) is 5.92 Å². The molecule has 2 aliphatic carbocycles. The summed E-state index contributed by atoms with van der Waals surface area (Å²) in [6.07, 6.45) is 7.73. The number of carbonyl (C=O) groups excluding carboxylic acids is 1. The summed E-state index contributed by atoms with van der Waals surface area (Å²) in [5.74, 6) is 1.71. The third-order valence-corrected chi connectivity index (χ3v) is 9.64. The highest BCUT2D eigenvalue weighted by atomic mass is 16.5. The first-order valence-electron chi connectivity index (χ1n) is 13.6. The molecule has 2 aromatic rings. The molecule has 3 atom stereocenters. The summed E-state index contributed by atoms with van der Waals surface area (Å²) >= 11 is 0. The van der Waals surface area contributed by atoms with Gasteiger partial charge in [0.1, 0.15) is 5.75 Å². The van der Waals surface area contributed by atoms with Crippen molar-refractivity contribution in [3.63, 3.8) is 0 Å². The normalized spacial score (nSPS) is 31.2. The fourth-order valence-electron chi connectivity index (χ4n) is 7.70. The van der Waals surface area contributed by atoms with Crippen LogP contribution in [0.2, 0.25) is 0 Å². The smallest absolute Gasteiger partial charge is 0.229 e. The molecule has 0 spiro atoms. The largest absolute Gasteiger partial charge is 0.497 e. The van der Waals surface area contributed by atoms with E-state index in [4.69, 9.17) is 4.74 Å². The van der Waals surface area contributed by atoms with Crippen LogP contribution in [0, 0.1) is 5.92 Å². The van der Waals surface area contributed by atoms with E-state index in [9.17, 15) is 9.90 Å². The van der Waals surface area contributed by atoms with Gasteiger partial charge < -0.3 is 14.7 Å². The number of nitrogens with zero attached hydrogens (tertiary/aromatic N) is 3. The number of pyridine rings is 1. The van der Waals surface area contributed by atoms with Gasteiger partial charge in [-0.1, -0.05) is 12.1 Å². The predicted molar refractivity (Wildman–Crippen MR) is 139 cm³/mol. The fourth-order valence-corrected chi connectivity index (χ4v) is 7.70. The van der Waals surface area contributed by atoms with Crippen molar-refractivity contribution < 1.29 is 14.6 Å². The molecule has 3 fully saturated rings. The van der Waals surface area contributed by atoms with Crippen LogP contribution in [0.3, 0.4) is 0 Å². The van der Waals surface area contributed by atoms with E-state index < -0.39 is 16.6 Å². The number of methoxy groups -OCH3 is 1. The summed E-state index contributed by atoms with van der Waals surface area (Å²) in [4.78, 5) is 22.7. The molecule has 3 unspecified atom stereocenters. The Labute approximate surface area is 214 Å². The first-order chi connectivity index (χ1) is 17.3. The highest BCUT2D eigenvalue weighted by Crippen LogP contribution is 2.58. The molecule has 36 heavy (non-hydrogen) atoms. The Morgan fingerprint density at radius 2 is 1.97 bits per heavy atom. The van der Waals surface area contributed by atoms with Gasteiger partial charge in [-0.3, -0.25) is 14.7 Å². The number of amides is 1. The number of aliphatic hydroxyl groups is 1. The average molecular weight is 490 g/mol. The van der Waals surface area contributed by atoms with Gasteiger partial charge in [-0.15, -0.1) is 0 Å². The molecule has 192 valence electrons. The van der Waals surface area contributed by atoms with Gasteiger partial charge in [0.15, 0.2) is 0 Å². The average Bonchev–Trinajstić information content (AvgIpc) is 3.67. The van der Waals surface area contributed by atoms with Crippen LogP contribution in [0.4, 0.5) is 0 Å². The number of benzene rings is 1. The maximum absolute atomic E-state index is 13.7. The molecule has 1 amide bonds. The molecule has 2 saturated heterocycles. The van der Waals surface area contributed by atoms with Crippen LogP contribution in [0.15, 0.2) is 42.6 Å². The Balaban J connectivity index is 1.41. The van der Waals surface area contributed by atoms with E-state index in [1.165, 1.54) is 24.0 Å². The maximum atomic E-state index is 13.7. The van der Waals surface area contributed by atoms with Crippen molar-refractivity contribution in [1.29, 1.82) is 0 Å². The summed E-state index contributed by atoms with van der Waals surface area (Å²) in [7, 11) is 1.71. The van der Waals surface area contributed by atoms with E-state index >= 15 is 0 Å². The van der Waals surface area contributed by atoms with Crippen LogP contribution >= 0.6 is 0 Å². The van der Waals surface area contributed by atoms with E-state index in [0.717, 1.165) is 49.7 Å². The minimum absolute atomic E-state index is 0.0675. The lowest BCUT2D eigenvalue weighted by molar-refractivity contribution is -0.160. The van der Waals surface area contributed by atoms with Gasteiger partial charge in [-0.25, -0.2) is 0 Å². The zero-order valence-electron chi connectivity index (χ0n) is 21.9. The molecule has 1 aromatic heterocycles. The van der Waals surface area contributed by atoms with Crippen LogP contribution in [0.1, 0.15) is 62.8 Å². The predicted octanol–water partition coefficient (Wildman–Crippen LogP) is 3.74. The molecule has 1 aromatic carbocycles. The molecule has 6 nitrogen and oxygen atoms in total. The second-order valence-electron chi connectivity index (χ2n) is 12.2. The van der Waals surface area contributed by atoms with E-state index in [-0.39, 0.29) is 18.4 Å². The Hall–Kier alpha value is -2.44. The molecule has 6 heteroatoms. The molecular weight excluding hydrogens is 450 g/mol. The SMILES string of the molecule is COc1ccc2c(c1)C13CCN(CC4CC4)C(C2)C1(O)CC(C)(C)N(C(=O)Cc1ccccn1)CC3. The van der Waals surface area contributed by atoms with Gasteiger partial charge in [-0.05, 0) is 93.8 Å². The zero-order chi connectivity index (χ0) is 25.1. The van der Waals surface area contributed by atoms with E-state index in [0.29, 0.717) is 13.0 Å². The molecular formula is C30H39N3O3. The van der Waals surface area contributed by atoms with Gasteiger partial charge in [0.05, 0.1) is 19.1 Å². The van der Waals surface area contributed by atoms with Crippen LogP contribution in [0.5, 0.6) is 5.75 Å². The zero-order valence-corrected chi connectivity index (χ0v) is 21.9. The maximum Gasteiger partial charge on any atom is 0.229 e. The summed E-state index contributed by atoms with van der Waals surface area (Å²) < 4.78 is 5.64. The highest BCUT2D eigenvalue weighted by molar-refractivity contribution is 5.79. The van der Waals surface area contributed by atoms with Gasteiger partial charge in [0.25, 0.3) is 0 Å². The molecule has 4 aliphatic rings. The van der Waals surface area contributed by atoms with Crippen LogP contribution in [-0.2, 0) is 23.1 Å². The van der Waals surface area contributed by atoms with Gasteiger partial charge in [0.2, 0.25) is 5.91 Å². The summed E-state index contributed by atoms with van der Waals surface area (Å²) in [6, 6.07) is 12.2. The molecule has 2 bridgehead atoms. The number of rotatable bonds is 5. The summed E-state index contributed by atoms with van der Waals surface area (Å²) in [5.41, 5.74) is 1.58. The lowest BCUT2D eigenvalue weighted by Gasteiger charge is -2.62. The minimum Gasteiger partial charge on any atom is -0.497 e. The first kappa shape index (κ1) is 23.9. The quantitative estimate of drug-likeness (QED) is 0.693. The van der Waals surface area contributed by atoms with E-state index in [2.05, 4.69) is 41.9 Å². The first-order valence-corrected chi connectivity index (χ1v) is 13.6. The third-order valence-electron chi connectivity index (χ3n) is 9.64. The van der Waals surface area contributed by atoms with Crippen molar-refractivity contribution in [3.8, 4) is 5.75 Å². The number of piperidine rings is 1.